The number of nitrogens with zero attached hydrogens (tertiary/aromatic N) is 1. The molecule has 0 fully saturated rings. The van der Waals surface area contributed by atoms with E-state index in [0.29, 0.717) is 11.3 Å². The number of hydrogen-bond donors (Lipinski definition) is 4. The van der Waals surface area contributed by atoms with Crippen LogP contribution < -0.4 is 26.2 Å². The second-order valence-electron chi connectivity index (χ2n) is 7.40. The van der Waals surface area contributed by atoms with E-state index < -0.39 is 23.3 Å². The zero-order chi connectivity index (χ0) is 26.1. The molecule has 0 aliphatic heterocycles. The van der Waals surface area contributed by atoms with E-state index in [4.69, 9.17) is 17.0 Å². The van der Waals surface area contributed by atoms with E-state index in [2.05, 4.69) is 21.5 Å². The topological polar surface area (TPSA) is 152 Å². The number of anilines is 1. The number of carbonyl (C=O) groups excluding carboxylic acids is 3. The van der Waals surface area contributed by atoms with Crippen LogP contribution in [0.4, 0.5) is 11.4 Å². The molecule has 0 heterocycles. The molecule has 11 nitrogen and oxygen atoms in total. The Labute approximate surface area is 211 Å². The molecule has 0 unspecified atom stereocenters. The smallest absolute Gasteiger partial charge is 0.269 e. The van der Waals surface area contributed by atoms with Gasteiger partial charge in [-0.05, 0) is 67.7 Å². The van der Waals surface area contributed by atoms with Crippen LogP contribution in [-0.2, 0) is 4.79 Å². The van der Waals surface area contributed by atoms with Crippen molar-refractivity contribution in [1.82, 2.24) is 16.2 Å². The zero-order valence-corrected chi connectivity index (χ0v) is 19.8. The van der Waals surface area contributed by atoms with E-state index in [1.807, 2.05) is 13.0 Å². The van der Waals surface area contributed by atoms with Gasteiger partial charge in [-0.15, -0.1) is 0 Å². The van der Waals surface area contributed by atoms with Crippen LogP contribution in [-0.4, -0.2) is 34.4 Å². The van der Waals surface area contributed by atoms with Gasteiger partial charge in [-0.1, -0.05) is 17.7 Å². The third-order valence-corrected chi connectivity index (χ3v) is 4.85. The van der Waals surface area contributed by atoms with Gasteiger partial charge in [-0.2, -0.15) is 0 Å². The van der Waals surface area contributed by atoms with Crippen LogP contribution >= 0.6 is 12.2 Å². The first-order valence-corrected chi connectivity index (χ1v) is 10.9. The summed E-state index contributed by atoms with van der Waals surface area (Å²) in [6.07, 6.45) is 0. The first-order chi connectivity index (χ1) is 17.2. The monoisotopic (exact) mass is 507 g/mol. The maximum atomic E-state index is 12.3. The molecule has 0 aliphatic carbocycles. The molecule has 0 saturated heterocycles. The first kappa shape index (κ1) is 25.8. The SMILES string of the molecule is Cc1cccc(C(=O)Nc2ccc(C(=O)NNC(=S)NC(=O)COc3ccc([N+](=O)[O-])cc3)cc2)c1. The van der Waals surface area contributed by atoms with E-state index in [9.17, 15) is 24.5 Å². The lowest BCUT2D eigenvalue weighted by Crippen LogP contribution is -2.49. The third kappa shape index (κ3) is 7.60. The predicted molar refractivity (Wildman–Crippen MR) is 136 cm³/mol. The van der Waals surface area contributed by atoms with Crippen LogP contribution in [0, 0.1) is 17.0 Å². The van der Waals surface area contributed by atoms with Crippen molar-refractivity contribution in [2.75, 3.05) is 11.9 Å². The molecule has 0 spiro atoms. The molecule has 184 valence electrons. The molecule has 3 amide bonds. The molecule has 0 aliphatic rings. The highest BCUT2D eigenvalue weighted by atomic mass is 32.1. The minimum absolute atomic E-state index is 0.102. The van der Waals surface area contributed by atoms with Crippen LogP contribution in [0.5, 0.6) is 5.75 Å². The second-order valence-corrected chi connectivity index (χ2v) is 7.81. The molecule has 0 saturated carbocycles. The maximum absolute atomic E-state index is 12.3. The van der Waals surface area contributed by atoms with E-state index >= 15 is 0 Å². The number of non-ortho nitro benzene ring substituents is 1. The molecule has 0 atom stereocenters. The fourth-order valence-corrected chi connectivity index (χ4v) is 3.05. The lowest BCUT2D eigenvalue weighted by atomic mass is 10.1. The summed E-state index contributed by atoms with van der Waals surface area (Å²) in [5.74, 6) is -1.13. The summed E-state index contributed by atoms with van der Waals surface area (Å²) in [5, 5.41) is 15.6. The zero-order valence-electron chi connectivity index (χ0n) is 18.9. The molecule has 36 heavy (non-hydrogen) atoms. The maximum Gasteiger partial charge on any atom is 0.269 e. The van der Waals surface area contributed by atoms with Crippen molar-refractivity contribution in [3.63, 3.8) is 0 Å². The standard InChI is InChI=1S/C24H21N5O6S/c1-15-3-2-4-17(13-15)22(31)25-18-7-5-16(6-8-18)23(32)27-28-24(36)26-21(30)14-35-20-11-9-19(10-12-20)29(33)34/h2-13H,14H2,1H3,(H,25,31)(H,27,32)(H2,26,28,30,36). The minimum Gasteiger partial charge on any atom is -0.484 e. The van der Waals surface area contributed by atoms with Gasteiger partial charge in [0, 0.05) is 28.9 Å². The normalized spacial score (nSPS) is 10.0. The van der Waals surface area contributed by atoms with Gasteiger partial charge in [0.1, 0.15) is 5.75 Å². The van der Waals surface area contributed by atoms with Gasteiger partial charge >= 0.3 is 0 Å². The quantitative estimate of drug-likeness (QED) is 0.216. The number of hydrazine groups is 1. The summed E-state index contributed by atoms with van der Waals surface area (Å²) in [6.45, 7) is 1.49. The number of hydrogen-bond acceptors (Lipinski definition) is 7. The molecular weight excluding hydrogens is 486 g/mol. The lowest BCUT2D eigenvalue weighted by molar-refractivity contribution is -0.384. The molecule has 12 heteroatoms. The highest BCUT2D eigenvalue weighted by Crippen LogP contribution is 2.17. The van der Waals surface area contributed by atoms with Gasteiger partial charge in [-0.3, -0.25) is 40.7 Å². The molecule has 3 rings (SSSR count). The second kappa shape index (κ2) is 12.0. The number of nitrogens with one attached hydrogen (secondary N) is 4. The van der Waals surface area contributed by atoms with Gasteiger partial charge in [0.05, 0.1) is 4.92 Å². The van der Waals surface area contributed by atoms with Crippen LogP contribution in [0.2, 0.25) is 0 Å². The Morgan fingerprint density at radius 3 is 2.25 bits per heavy atom. The van der Waals surface area contributed by atoms with Gasteiger partial charge in [0.25, 0.3) is 23.4 Å². The van der Waals surface area contributed by atoms with Crippen molar-refractivity contribution < 1.29 is 24.0 Å². The summed E-state index contributed by atoms with van der Waals surface area (Å²) in [5.41, 5.74) is 6.94. The van der Waals surface area contributed by atoms with Crippen LogP contribution in [0.1, 0.15) is 26.3 Å². The Bertz CT molecular complexity index is 1300. The average molecular weight is 508 g/mol. The molecule has 0 radical (unpaired) electrons. The van der Waals surface area contributed by atoms with Crippen molar-refractivity contribution in [3.8, 4) is 5.75 Å². The molecule has 3 aromatic carbocycles. The molecular formula is C24H21N5O6S. The predicted octanol–water partition coefficient (Wildman–Crippen LogP) is 2.87. The Morgan fingerprint density at radius 1 is 0.917 bits per heavy atom. The number of thiocarbonyl (C=S) groups is 1. The first-order valence-electron chi connectivity index (χ1n) is 10.5. The number of amides is 3. The third-order valence-electron chi connectivity index (χ3n) is 4.65. The van der Waals surface area contributed by atoms with Crippen LogP contribution in [0.15, 0.2) is 72.8 Å². The number of benzene rings is 3. The summed E-state index contributed by atoms with van der Waals surface area (Å²) < 4.78 is 5.23. The highest BCUT2D eigenvalue weighted by molar-refractivity contribution is 7.80. The van der Waals surface area contributed by atoms with Crippen molar-refractivity contribution in [3.05, 3.63) is 99.6 Å². The van der Waals surface area contributed by atoms with Crippen LogP contribution in [0.25, 0.3) is 0 Å². The van der Waals surface area contributed by atoms with Gasteiger partial charge in [0.15, 0.2) is 11.7 Å². The van der Waals surface area contributed by atoms with E-state index in [1.54, 1.807) is 30.3 Å². The lowest BCUT2D eigenvalue weighted by Gasteiger charge is -2.12. The number of rotatable bonds is 7. The number of aryl methyl sites for hydroxylation is 1. The Balaban J connectivity index is 1.41. The summed E-state index contributed by atoms with van der Waals surface area (Å²) in [7, 11) is 0. The fourth-order valence-electron chi connectivity index (χ4n) is 2.89. The largest absolute Gasteiger partial charge is 0.484 e. The Kier molecular flexibility index (Phi) is 8.62. The number of ether oxygens (including phenoxy) is 1. The van der Waals surface area contributed by atoms with E-state index in [0.717, 1.165) is 5.56 Å². The highest BCUT2D eigenvalue weighted by Gasteiger charge is 2.11. The van der Waals surface area contributed by atoms with Gasteiger partial charge in [-0.25, -0.2) is 0 Å². The van der Waals surface area contributed by atoms with E-state index in [-0.39, 0.29) is 28.0 Å². The number of carbonyl (C=O) groups is 3. The summed E-state index contributed by atoms with van der Waals surface area (Å²) in [4.78, 5) is 46.7. The summed E-state index contributed by atoms with van der Waals surface area (Å²) in [6, 6.07) is 18.6. The number of nitro benzene ring substituents is 1. The fraction of sp³-hybridized carbons (Fsp3) is 0.0833. The molecule has 0 aromatic heterocycles. The molecule has 3 aromatic rings. The van der Waals surface area contributed by atoms with Gasteiger partial charge in [0.2, 0.25) is 0 Å². The molecule has 4 N–H and O–H groups in total. The van der Waals surface area contributed by atoms with Crippen molar-refractivity contribution in [2.45, 2.75) is 6.92 Å². The Hall–Kier alpha value is -4.84. The minimum atomic E-state index is -0.603. The van der Waals surface area contributed by atoms with E-state index in [1.165, 1.54) is 36.4 Å². The van der Waals surface area contributed by atoms with Crippen LogP contribution in [0.3, 0.4) is 0 Å². The van der Waals surface area contributed by atoms with Gasteiger partial charge < -0.3 is 10.1 Å². The van der Waals surface area contributed by atoms with Crippen molar-refractivity contribution in [1.29, 1.82) is 0 Å². The average Bonchev–Trinajstić information content (AvgIpc) is 2.86. The Morgan fingerprint density at radius 2 is 1.61 bits per heavy atom. The molecule has 0 bridgehead atoms. The summed E-state index contributed by atoms with van der Waals surface area (Å²) >= 11 is 4.96. The van der Waals surface area contributed by atoms with Crippen molar-refractivity contribution >= 4 is 46.4 Å². The number of nitro groups is 1. The van der Waals surface area contributed by atoms with Crippen molar-refractivity contribution in [2.24, 2.45) is 0 Å².